The van der Waals surface area contributed by atoms with Gasteiger partial charge in [0.25, 0.3) is 5.91 Å². The summed E-state index contributed by atoms with van der Waals surface area (Å²) >= 11 is 1.23. The molecule has 0 atom stereocenters. The van der Waals surface area contributed by atoms with E-state index < -0.39 is 0 Å². The van der Waals surface area contributed by atoms with Gasteiger partial charge in [-0.05, 0) is 61.0 Å². The maximum atomic E-state index is 13.2. The Morgan fingerprint density at radius 3 is 2.41 bits per heavy atom. The van der Waals surface area contributed by atoms with Gasteiger partial charge in [0.05, 0.1) is 11.4 Å². The highest BCUT2D eigenvalue weighted by Gasteiger charge is 2.18. The highest BCUT2D eigenvalue weighted by Crippen LogP contribution is 2.34. The molecule has 29 heavy (non-hydrogen) atoms. The number of aromatic nitrogens is 1. The first kappa shape index (κ1) is 18.8. The number of allylic oxidation sites excluding steroid dienone is 1. The first-order valence-corrected chi connectivity index (χ1v) is 9.76. The molecule has 0 saturated heterocycles. The van der Waals surface area contributed by atoms with Gasteiger partial charge in [-0.25, -0.2) is 9.37 Å². The third-order valence-corrected chi connectivity index (χ3v) is 5.69. The van der Waals surface area contributed by atoms with Gasteiger partial charge in [-0.2, -0.15) is 0 Å². The number of nitrogen functional groups attached to an aromatic ring is 1. The maximum Gasteiger partial charge on any atom is 0.267 e. The molecule has 144 valence electrons. The van der Waals surface area contributed by atoms with Gasteiger partial charge in [0.2, 0.25) is 0 Å². The van der Waals surface area contributed by atoms with Crippen LogP contribution in [0.15, 0.2) is 67.2 Å². The fourth-order valence-electron chi connectivity index (χ4n) is 2.97. The van der Waals surface area contributed by atoms with Crippen LogP contribution in [-0.2, 0) is 0 Å². The normalized spacial score (nSPS) is 10.8. The summed E-state index contributed by atoms with van der Waals surface area (Å²) in [5.41, 5.74) is 10.8. The first-order chi connectivity index (χ1) is 13.9. The Kier molecular flexibility index (Phi) is 4.86. The van der Waals surface area contributed by atoms with Crippen LogP contribution < -0.4 is 11.1 Å². The van der Waals surface area contributed by atoms with Crippen molar-refractivity contribution in [3.05, 3.63) is 83.5 Å². The molecule has 4 aromatic rings. The lowest BCUT2D eigenvalue weighted by molar-refractivity contribution is 0.103. The van der Waals surface area contributed by atoms with Crippen LogP contribution in [0.25, 0.3) is 27.0 Å². The second-order valence-corrected chi connectivity index (χ2v) is 7.71. The summed E-state index contributed by atoms with van der Waals surface area (Å²) in [6.07, 6.45) is 0. The van der Waals surface area contributed by atoms with Gasteiger partial charge in [-0.15, -0.1) is 11.3 Å². The Hall–Kier alpha value is -3.51. The largest absolute Gasteiger partial charge is 0.397 e. The maximum absolute atomic E-state index is 13.2. The van der Waals surface area contributed by atoms with E-state index in [1.54, 1.807) is 12.1 Å². The fourth-order valence-corrected chi connectivity index (χ4v) is 3.96. The lowest BCUT2D eigenvalue weighted by atomic mass is 10.1. The molecule has 0 spiro atoms. The minimum absolute atomic E-state index is 0.281. The van der Waals surface area contributed by atoms with Crippen molar-refractivity contribution in [3.63, 3.8) is 0 Å². The van der Waals surface area contributed by atoms with E-state index in [0.29, 0.717) is 26.8 Å². The molecule has 4 rings (SSSR count). The molecular formula is C23H18FN3OS. The number of thiophene rings is 1. The number of halogens is 1. The molecule has 2 aromatic heterocycles. The van der Waals surface area contributed by atoms with Crippen molar-refractivity contribution in [1.29, 1.82) is 0 Å². The zero-order chi connectivity index (χ0) is 20.5. The Bertz CT molecular complexity index is 1230. The number of carbonyl (C=O) groups is 1. The third kappa shape index (κ3) is 3.75. The molecule has 0 radical (unpaired) electrons. The lowest BCUT2D eigenvalue weighted by Gasteiger charge is -2.06. The molecule has 1 amide bonds. The zero-order valence-corrected chi connectivity index (χ0v) is 16.5. The van der Waals surface area contributed by atoms with E-state index in [4.69, 9.17) is 5.73 Å². The van der Waals surface area contributed by atoms with Crippen molar-refractivity contribution in [2.75, 3.05) is 11.1 Å². The van der Waals surface area contributed by atoms with Crippen LogP contribution in [0.5, 0.6) is 0 Å². The molecule has 4 nitrogen and oxygen atoms in total. The van der Waals surface area contributed by atoms with Crippen LogP contribution in [0.2, 0.25) is 0 Å². The quantitative estimate of drug-likeness (QED) is 0.441. The van der Waals surface area contributed by atoms with Gasteiger partial charge < -0.3 is 11.1 Å². The molecule has 3 N–H and O–H groups in total. The monoisotopic (exact) mass is 403 g/mol. The number of anilines is 2. The molecule has 6 heteroatoms. The van der Waals surface area contributed by atoms with Crippen molar-refractivity contribution < 1.29 is 9.18 Å². The number of pyridine rings is 1. The Morgan fingerprint density at radius 2 is 1.76 bits per heavy atom. The minimum Gasteiger partial charge on any atom is -0.397 e. The Labute approximate surface area is 171 Å². The van der Waals surface area contributed by atoms with E-state index in [2.05, 4.69) is 16.9 Å². The number of nitrogens with two attached hydrogens (primary N) is 1. The molecule has 0 unspecified atom stereocenters. The van der Waals surface area contributed by atoms with Gasteiger partial charge in [0, 0.05) is 16.6 Å². The van der Waals surface area contributed by atoms with Crippen LogP contribution in [0, 0.1) is 5.82 Å². The summed E-state index contributed by atoms with van der Waals surface area (Å²) in [5, 5.41) is 3.60. The van der Waals surface area contributed by atoms with E-state index in [0.717, 1.165) is 22.1 Å². The number of fused-ring (bicyclic) bond motifs is 1. The average molecular weight is 403 g/mol. The third-order valence-electron chi connectivity index (χ3n) is 4.58. The van der Waals surface area contributed by atoms with Gasteiger partial charge >= 0.3 is 0 Å². The molecule has 0 aliphatic rings. The average Bonchev–Trinajstić information content (AvgIpc) is 3.05. The predicted molar refractivity (Wildman–Crippen MR) is 119 cm³/mol. The fraction of sp³-hybridized carbons (Fsp3) is 0.0435. The van der Waals surface area contributed by atoms with Crippen LogP contribution in [0.4, 0.5) is 15.8 Å². The molecular weight excluding hydrogens is 385 g/mol. The van der Waals surface area contributed by atoms with Crippen LogP contribution in [0.1, 0.15) is 22.2 Å². The van der Waals surface area contributed by atoms with Crippen molar-refractivity contribution >= 4 is 44.4 Å². The summed E-state index contributed by atoms with van der Waals surface area (Å²) in [6, 6.07) is 17.2. The predicted octanol–water partition coefficient (Wildman–Crippen LogP) is 5.97. The molecule has 2 heterocycles. The molecule has 0 aliphatic heterocycles. The van der Waals surface area contributed by atoms with Gasteiger partial charge in [-0.1, -0.05) is 24.3 Å². The van der Waals surface area contributed by atoms with E-state index >= 15 is 0 Å². The van der Waals surface area contributed by atoms with Crippen molar-refractivity contribution in [2.24, 2.45) is 0 Å². The smallest absolute Gasteiger partial charge is 0.267 e. The summed E-state index contributed by atoms with van der Waals surface area (Å²) in [5.74, 6) is -0.581. The number of nitrogens with zero attached hydrogens (tertiary/aromatic N) is 1. The standard InChI is InChI=1S/C23H18FN3OS/c1-13(2)14-5-9-17(10-6-14)26-22(28)21-20(25)18-11-12-19(27-23(18)29-21)15-3-7-16(24)8-4-15/h3-12H,1,25H2,2H3,(H,26,28). The van der Waals surface area contributed by atoms with Gasteiger partial charge in [-0.3, -0.25) is 4.79 Å². The lowest BCUT2D eigenvalue weighted by Crippen LogP contribution is -2.11. The summed E-state index contributed by atoms with van der Waals surface area (Å²) in [7, 11) is 0. The van der Waals surface area contributed by atoms with Gasteiger partial charge in [0.1, 0.15) is 15.5 Å². The highest BCUT2D eigenvalue weighted by atomic mass is 32.1. The van der Waals surface area contributed by atoms with E-state index in [9.17, 15) is 9.18 Å². The molecule has 0 fully saturated rings. The number of benzene rings is 2. The number of nitrogens with one attached hydrogen (secondary N) is 1. The Balaban J connectivity index is 1.63. The molecule has 0 saturated carbocycles. The number of hydrogen-bond donors (Lipinski definition) is 2. The second kappa shape index (κ2) is 7.48. The first-order valence-electron chi connectivity index (χ1n) is 8.94. The molecule has 0 aliphatic carbocycles. The minimum atomic E-state index is -0.301. The summed E-state index contributed by atoms with van der Waals surface area (Å²) < 4.78 is 13.2. The molecule has 2 aromatic carbocycles. The summed E-state index contributed by atoms with van der Waals surface area (Å²) in [6.45, 7) is 5.83. The Morgan fingerprint density at radius 1 is 1.07 bits per heavy atom. The SMILES string of the molecule is C=C(C)c1ccc(NC(=O)c2sc3nc(-c4ccc(F)cc4)ccc3c2N)cc1. The van der Waals surface area contributed by atoms with Crippen molar-refractivity contribution in [3.8, 4) is 11.3 Å². The number of amides is 1. The van der Waals surface area contributed by atoms with Crippen molar-refractivity contribution in [1.82, 2.24) is 4.98 Å². The topological polar surface area (TPSA) is 68.0 Å². The number of hydrogen-bond acceptors (Lipinski definition) is 4. The zero-order valence-electron chi connectivity index (χ0n) is 15.7. The summed E-state index contributed by atoms with van der Waals surface area (Å²) in [4.78, 5) is 18.4. The van der Waals surface area contributed by atoms with E-state index in [1.807, 2.05) is 43.3 Å². The van der Waals surface area contributed by atoms with Gasteiger partial charge in [0.15, 0.2) is 0 Å². The van der Waals surface area contributed by atoms with E-state index in [1.165, 1.54) is 23.5 Å². The van der Waals surface area contributed by atoms with Crippen molar-refractivity contribution in [2.45, 2.75) is 6.92 Å². The van der Waals surface area contributed by atoms with Crippen LogP contribution in [0.3, 0.4) is 0 Å². The van der Waals surface area contributed by atoms with Crippen LogP contribution in [-0.4, -0.2) is 10.9 Å². The van der Waals surface area contributed by atoms with E-state index in [-0.39, 0.29) is 11.7 Å². The second-order valence-electron chi connectivity index (χ2n) is 6.71. The number of carbonyl (C=O) groups excluding carboxylic acids is 1. The highest BCUT2D eigenvalue weighted by molar-refractivity contribution is 7.21. The van der Waals surface area contributed by atoms with Crippen LogP contribution >= 0.6 is 11.3 Å². The number of rotatable bonds is 4. The molecule has 0 bridgehead atoms.